The number of hydrogen-bond donors (Lipinski definition) is 1. The van der Waals surface area contributed by atoms with Gasteiger partial charge in [-0.1, -0.05) is 12.1 Å². The normalized spacial score (nSPS) is 10.2. The van der Waals surface area contributed by atoms with Gasteiger partial charge in [-0.2, -0.15) is 0 Å². The maximum Gasteiger partial charge on any atom is 0.338 e. The molecule has 4 heteroatoms. The van der Waals surface area contributed by atoms with Crippen LogP contribution in [0, 0.1) is 6.92 Å². The summed E-state index contributed by atoms with van der Waals surface area (Å²) in [4.78, 5) is 11.9. The lowest BCUT2D eigenvalue weighted by molar-refractivity contribution is 0.0509. The molecule has 2 rings (SSSR count). The zero-order valence-electron chi connectivity index (χ0n) is 12.3. The van der Waals surface area contributed by atoms with Crippen molar-refractivity contribution in [1.82, 2.24) is 0 Å². The van der Waals surface area contributed by atoms with Crippen LogP contribution in [0.25, 0.3) is 0 Å². The van der Waals surface area contributed by atoms with Crippen molar-refractivity contribution in [1.29, 1.82) is 0 Å². The predicted molar refractivity (Wildman–Crippen MR) is 82.6 cm³/mol. The Morgan fingerprint density at radius 2 is 1.86 bits per heavy atom. The summed E-state index contributed by atoms with van der Waals surface area (Å²) in [6, 6.07) is 12.9. The van der Waals surface area contributed by atoms with Gasteiger partial charge in [-0.15, -0.1) is 0 Å². The van der Waals surface area contributed by atoms with Crippen LogP contribution in [0.4, 0.5) is 5.69 Å². The molecule has 110 valence electrons. The maximum absolute atomic E-state index is 11.9. The van der Waals surface area contributed by atoms with Crippen molar-refractivity contribution in [3.8, 4) is 5.75 Å². The molecule has 0 fully saturated rings. The van der Waals surface area contributed by atoms with Gasteiger partial charge >= 0.3 is 5.97 Å². The molecule has 0 aromatic heterocycles. The highest BCUT2D eigenvalue weighted by atomic mass is 16.5. The molecule has 2 aromatic carbocycles. The highest BCUT2D eigenvalue weighted by Crippen LogP contribution is 2.14. The Morgan fingerprint density at radius 3 is 2.48 bits per heavy atom. The summed E-state index contributed by atoms with van der Waals surface area (Å²) in [5, 5.41) is 0. The van der Waals surface area contributed by atoms with Crippen molar-refractivity contribution in [3.05, 3.63) is 59.2 Å². The van der Waals surface area contributed by atoms with E-state index in [2.05, 4.69) is 0 Å². The molecule has 4 nitrogen and oxygen atoms in total. The summed E-state index contributed by atoms with van der Waals surface area (Å²) < 4.78 is 10.4. The van der Waals surface area contributed by atoms with Gasteiger partial charge in [0.25, 0.3) is 0 Å². The van der Waals surface area contributed by atoms with E-state index in [1.165, 1.54) is 0 Å². The Labute approximate surface area is 124 Å². The molecule has 2 N–H and O–H groups in total. The van der Waals surface area contributed by atoms with E-state index in [-0.39, 0.29) is 5.97 Å². The molecule has 0 amide bonds. The van der Waals surface area contributed by atoms with Crippen LogP contribution >= 0.6 is 0 Å². The molecule has 0 bridgehead atoms. The fraction of sp³-hybridized carbons (Fsp3) is 0.235. The molecular weight excluding hydrogens is 266 g/mol. The minimum absolute atomic E-state index is 0.332. The summed E-state index contributed by atoms with van der Waals surface area (Å²) in [5.41, 5.74) is 8.81. The monoisotopic (exact) mass is 285 g/mol. The van der Waals surface area contributed by atoms with Crippen LogP contribution in [0.15, 0.2) is 42.5 Å². The van der Waals surface area contributed by atoms with Crippen molar-refractivity contribution >= 4 is 11.7 Å². The van der Waals surface area contributed by atoms with Crippen molar-refractivity contribution in [3.63, 3.8) is 0 Å². The SMILES string of the molecule is COc1ccc(CCOC(=O)c2cc(C)cc(N)c2)cc1. The van der Waals surface area contributed by atoms with Gasteiger partial charge in [0.15, 0.2) is 0 Å². The van der Waals surface area contributed by atoms with Crippen LogP contribution < -0.4 is 10.5 Å². The number of hydrogen-bond acceptors (Lipinski definition) is 4. The molecule has 0 radical (unpaired) electrons. The van der Waals surface area contributed by atoms with E-state index in [0.717, 1.165) is 16.9 Å². The Balaban J connectivity index is 1.88. The lowest BCUT2D eigenvalue weighted by Crippen LogP contribution is -2.09. The molecule has 0 saturated heterocycles. The van der Waals surface area contributed by atoms with Crippen molar-refractivity contribution in [2.45, 2.75) is 13.3 Å². The number of rotatable bonds is 5. The molecule has 2 aromatic rings. The summed E-state index contributed by atoms with van der Waals surface area (Å²) in [5.74, 6) is 0.463. The third kappa shape index (κ3) is 4.24. The summed E-state index contributed by atoms with van der Waals surface area (Å²) in [6.45, 7) is 2.23. The average Bonchev–Trinajstić information content (AvgIpc) is 2.47. The standard InChI is InChI=1S/C17H19NO3/c1-12-9-14(11-15(18)10-12)17(19)21-8-7-13-3-5-16(20-2)6-4-13/h3-6,9-11H,7-8,18H2,1-2H3. The van der Waals surface area contributed by atoms with Crippen molar-refractivity contribution < 1.29 is 14.3 Å². The van der Waals surface area contributed by atoms with Crippen LogP contribution in [0.2, 0.25) is 0 Å². The molecule has 0 spiro atoms. The second-order valence-corrected chi connectivity index (χ2v) is 4.87. The average molecular weight is 285 g/mol. The second kappa shape index (κ2) is 6.79. The first-order valence-electron chi connectivity index (χ1n) is 6.75. The summed E-state index contributed by atoms with van der Waals surface area (Å²) >= 11 is 0. The van der Waals surface area contributed by atoms with E-state index in [4.69, 9.17) is 15.2 Å². The van der Waals surface area contributed by atoms with E-state index in [1.54, 1.807) is 19.2 Å². The lowest BCUT2D eigenvalue weighted by Gasteiger charge is -2.07. The first-order chi connectivity index (χ1) is 10.1. The highest BCUT2D eigenvalue weighted by Gasteiger charge is 2.08. The predicted octanol–water partition coefficient (Wildman–Crippen LogP) is 2.99. The van der Waals surface area contributed by atoms with Gasteiger partial charge < -0.3 is 15.2 Å². The number of nitrogens with two attached hydrogens (primary N) is 1. The largest absolute Gasteiger partial charge is 0.497 e. The quantitative estimate of drug-likeness (QED) is 0.677. The van der Waals surface area contributed by atoms with Crippen molar-refractivity contribution in [2.24, 2.45) is 0 Å². The Hall–Kier alpha value is -2.49. The zero-order valence-corrected chi connectivity index (χ0v) is 12.3. The first kappa shape index (κ1) is 14.9. The van der Waals surface area contributed by atoms with Gasteiger partial charge in [-0.25, -0.2) is 4.79 Å². The van der Waals surface area contributed by atoms with Crippen LogP contribution in [-0.4, -0.2) is 19.7 Å². The Morgan fingerprint density at radius 1 is 1.14 bits per heavy atom. The van der Waals surface area contributed by atoms with Gasteiger partial charge in [0.2, 0.25) is 0 Å². The lowest BCUT2D eigenvalue weighted by atomic mass is 10.1. The van der Waals surface area contributed by atoms with Gasteiger partial charge in [0.1, 0.15) is 5.75 Å². The molecule has 21 heavy (non-hydrogen) atoms. The number of benzene rings is 2. The number of anilines is 1. The van der Waals surface area contributed by atoms with Crippen molar-refractivity contribution in [2.75, 3.05) is 19.5 Å². The number of esters is 1. The second-order valence-electron chi connectivity index (χ2n) is 4.87. The third-order valence-corrected chi connectivity index (χ3v) is 3.12. The van der Waals surface area contributed by atoms with E-state index in [1.807, 2.05) is 37.3 Å². The number of aryl methyl sites for hydroxylation is 1. The molecule has 0 aliphatic rings. The number of ether oxygens (including phenoxy) is 2. The first-order valence-corrected chi connectivity index (χ1v) is 6.75. The minimum Gasteiger partial charge on any atom is -0.497 e. The fourth-order valence-corrected chi connectivity index (χ4v) is 2.07. The molecule has 0 unspecified atom stereocenters. The van der Waals surface area contributed by atoms with Crippen LogP contribution in [0.3, 0.4) is 0 Å². The van der Waals surface area contributed by atoms with E-state index >= 15 is 0 Å². The summed E-state index contributed by atoms with van der Waals surface area (Å²) in [7, 11) is 1.63. The van der Waals surface area contributed by atoms with Gasteiger partial charge in [-0.05, 0) is 48.4 Å². The maximum atomic E-state index is 11.9. The Kier molecular flexibility index (Phi) is 4.82. The molecule has 0 aliphatic heterocycles. The Bertz CT molecular complexity index is 600. The van der Waals surface area contributed by atoms with E-state index < -0.39 is 0 Å². The number of nitrogen functional groups attached to an aromatic ring is 1. The highest BCUT2D eigenvalue weighted by molar-refractivity contribution is 5.90. The fourth-order valence-electron chi connectivity index (χ4n) is 2.07. The molecule has 0 atom stereocenters. The number of methoxy groups -OCH3 is 1. The van der Waals surface area contributed by atoms with Crippen LogP contribution in [0.5, 0.6) is 5.75 Å². The third-order valence-electron chi connectivity index (χ3n) is 3.12. The number of carbonyl (C=O) groups excluding carboxylic acids is 1. The molecular formula is C17H19NO3. The minimum atomic E-state index is -0.348. The van der Waals surface area contributed by atoms with Gasteiger partial charge in [0, 0.05) is 12.1 Å². The topological polar surface area (TPSA) is 61.5 Å². The smallest absolute Gasteiger partial charge is 0.338 e. The molecule has 0 aliphatic carbocycles. The van der Waals surface area contributed by atoms with Gasteiger partial charge in [0.05, 0.1) is 19.3 Å². The van der Waals surface area contributed by atoms with Gasteiger partial charge in [-0.3, -0.25) is 0 Å². The molecule has 0 saturated carbocycles. The summed E-state index contributed by atoms with van der Waals surface area (Å²) in [6.07, 6.45) is 0.664. The van der Waals surface area contributed by atoms with E-state index in [0.29, 0.717) is 24.3 Å². The molecule has 0 heterocycles. The van der Waals surface area contributed by atoms with Crippen LogP contribution in [-0.2, 0) is 11.2 Å². The van der Waals surface area contributed by atoms with Crippen LogP contribution in [0.1, 0.15) is 21.5 Å². The number of carbonyl (C=O) groups is 1. The van der Waals surface area contributed by atoms with E-state index in [9.17, 15) is 4.79 Å². The zero-order chi connectivity index (χ0) is 15.2.